The van der Waals surface area contributed by atoms with Crippen LogP contribution in [0, 0.1) is 5.92 Å². The van der Waals surface area contributed by atoms with Gasteiger partial charge in [0.2, 0.25) is 5.95 Å². The lowest BCUT2D eigenvalue weighted by molar-refractivity contribution is 0.282. The molecule has 0 amide bonds. The highest BCUT2D eigenvalue weighted by molar-refractivity contribution is 5.90. The molecule has 0 aliphatic rings. The standard InChI is InChI=1S/C18H20N6O2.C6H12/c1-4-9-23-17(26)15-10-20-18(22-16(15)24(23)12(2)19-3)21-14-7-5-13(11-25)6-8-14;1-4-5-6(2)3/h4-8,10,25H,1,9,11H2,2-3H3,(H,20,21,22);4-6H,1-3H3/b;5-4+. The summed E-state index contributed by atoms with van der Waals surface area (Å²) in [6.45, 7) is 12.2. The maximum Gasteiger partial charge on any atom is 0.278 e. The normalized spacial score (nSPS) is 11.7. The third-order valence-corrected chi connectivity index (χ3v) is 4.58. The SMILES string of the molecule is C/C=C/C(C)C.C=CCn1c(=O)c2cnc(Nc3ccc(CO)cc3)nc2n1C(C)=NC. The van der Waals surface area contributed by atoms with Crippen LogP contribution in [0.5, 0.6) is 0 Å². The number of fused-ring (bicyclic) bond motifs is 1. The Morgan fingerprint density at radius 3 is 2.50 bits per heavy atom. The van der Waals surface area contributed by atoms with Crippen LogP contribution in [0.2, 0.25) is 0 Å². The van der Waals surface area contributed by atoms with Crippen molar-refractivity contribution in [3.05, 3.63) is 71.2 Å². The Bertz CT molecular complexity index is 1150. The van der Waals surface area contributed by atoms with Crippen LogP contribution < -0.4 is 10.9 Å². The first-order chi connectivity index (χ1) is 15.4. The number of aromatic nitrogens is 4. The maximum absolute atomic E-state index is 12.6. The molecule has 2 N–H and O–H groups in total. The van der Waals surface area contributed by atoms with E-state index in [1.54, 1.807) is 24.7 Å². The molecule has 8 heteroatoms. The van der Waals surface area contributed by atoms with Gasteiger partial charge in [-0.1, -0.05) is 44.2 Å². The molecule has 0 fully saturated rings. The number of anilines is 2. The minimum atomic E-state index is -0.193. The zero-order valence-corrected chi connectivity index (χ0v) is 19.4. The second kappa shape index (κ2) is 11.8. The number of hydrogen-bond donors (Lipinski definition) is 2. The summed E-state index contributed by atoms with van der Waals surface area (Å²) in [4.78, 5) is 25.5. The predicted molar refractivity (Wildman–Crippen MR) is 132 cm³/mol. The summed E-state index contributed by atoms with van der Waals surface area (Å²) < 4.78 is 3.19. The topological polar surface area (TPSA) is 97.3 Å². The molecule has 0 bridgehead atoms. The van der Waals surface area contributed by atoms with Crippen molar-refractivity contribution in [3.63, 3.8) is 0 Å². The highest BCUT2D eigenvalue weighted by Gasteiger charge is 2.17. The fraction of sp³-hybridized carbons (Fsp3) is 0.333. The lowest BCUT2D eigenvalue weighted by Crippen LogP contribution is -2.26. The van der Waals surface area contributed by atoms with E-state index in [0.29, 0.717) is 29.4 Å². The van der Waals surface area contributed by atoms with Crippen molar-refractivity contribution in [1.82, 2.24) is 19.3 Å². The van der Waals surface area contributed by atoms with Gasteiger partial charge in [0, 0.05) is 18.9 Å². The average Bonchev–Trinajstić information content (AvgIpc) is 3.05. The van der Waals surface area contributed by atoms with Gasteiger partial charge < -0.3 is 10.4 Å². The van der Waals surface area contributed by atoms with Crippen LogP contribution in [0.15, 0.2) is 65.1 Å². The van der Waals surface area contributed by atoms with E-state index >= 15 is 0 Å². The summed E-state index contributed by atoms with van der Waals surface area (Å²) in [5.41, 5.74) is 1.88. The molecule has 0 radical (unpaired) electrons. The van der Waals surface area contributed by atoms with Crippen LogP contribution in [0.3, 0.4) is 0 Å². The number of nitrogens with one attached hydrogen (secondary N) is 1. The van der Waals surface area contributed by atoms with Crippen molar-refractivity contribution in [3.8, 4) is 0 Å². The van der Waals surface area contributed by atoms with Gasteiger partial charge in [-0.15, -0.1) is 6.58 Å². The summed E-state index contributed by atoms with van der Waals surface area (Å²) in [7, 11) is 1.66. The Morgan fingerprint density at radius 1 is 1.31 bits per heavy atom. The summed E-state index contributed by atoms with van der Waals surface area (Å²) in [5, 5.41) is 12.6. The number of hydrogen-bond acceptors (Lipinski definition) is 6. The van der Waals surface area contributed by atoms with Crippen molar-refractivity contribution in [2.75, 3.05) is 12.4 Å². The van der Waals surface area contributed by atoms with Gasteiger partial charge in [0.1, 0.15) is 11.2 Å². The molecule has 2 heterocycles. The lowest BCUT2D eigenvalue weighted by Gasteiger charge is -2.10. The summed E-state index contributed by atoms with van der Waals surface area (Å²) in [5.74, 6) is 1.72. The lowest BCUT2D eigenvalue weighted by atomic mass is 10.2. The van der Waals surface area contributed by atoms with Crippen LogP contribution in [0.25, 0.3) is 11.0 Å². The number of aliphatic hydroxyl groups is 1. The van der Waals surface area contributed by atoms with Crippen molar-refractivity contribution in [2.45, 2.75) is 40.8 Å². The summed E-state index contributed by atoms with van der Waals surface area (Å²) >= 11 is 0. The van der Waals surface area contributed by atoms with E-state index in [1.165, 1.54) is 10.9 Å². The Kier molecular flexibility index (Phi) is 9.09. The molecule has 3 aromatic rings. The van der Waals surface area contributed by atoms with Crippen LogP contribution >= 0.6 is 0 Å². The Balaban J connectivity index is 0.000000534. The summed E-state index contributed by atoms with van der Waals surface area (Å²) in [6, 6.07) is 7.28. The molecule has 0 saturated heterocycles. The molecular formula is C24H32N6O2. The second-order valence-corrected chi connectivity index (χ2v) is 7.44. The van der Waals surface area contributed by atoms with E-state index in [1.807, 2.05) is 31.2 Å². The van der Waals surface area contributed by atoms with Crippen LogP contribution in [0.4, 0.5) is 11.6 Å². The van der Waals surface area contributed by atoms with Crippen molar-refractivity contribution in [2.24, 2.45) is 10.9 Å². The number of allylic oxidation sites excluding steroid dienone is 3. The van der Waals surface area contributed by atoms with Gasteiger partial charge in [0.15, 0.2) is 5.65 Å². The van der Waals surface area contributed by atoms with E-state index in [0.717, 1.165) is 17.2 Å². The molecule has 0 spiro atoms. The first-order valence-corrected chi connectivity index (χ1v) is 10.5. The van der Waals surface area contributed by atoms with E-state index in [4.69, 9.17) is 5.11 Å². The van der Waals surface area contributed by atoms with Crippen LogP contribution in [-0.2, 0) is 13.2 Å². The molecule has 1 aromatic carbocycles. The number of aliphatic imine (C=N–C) groups is 1. The average molecular weight is 437 g/mol. The maximum atomic E-state index is 12.6. The zero-order chi connectivity index (χ0) is 23.7. The van der Waals surface area contributed by atoms with E-state index < -0.39 is 0 Å². The van der Waals surface area contributed by atoms with Crippen molar-refractivity contribution < 1.29 is 5.11 Å². The molecule has 0 atom stereocenters. The molecule has 0 unspecified atom stereocenters. The quantitative estimate of drug-likeness (QED) is 0.344. The van der Waals surface area contributed by atoms with Gasteiger partial charge in [-0.2, -0.15) is 4.98 Å². The predicted octanol–water partition coefficient (Wildman–Crippen LogP) is 4.13. The minimum Gasteiger partial charge on any atom is -0.392 e. The zero-order valence-electron chi connectivity index (χ0n) is 19.4. The molecule has 170 valence electrons. The van der Waals surface area contributed by atoms with E-state index in [9.17, 15) is 4.79 Å². The fourth-order valence-electron chi connectivity index (χ4n) is 3.01. The van der Waals surface area contributed by atoms with E-state index in [-0.39, 0.29) is 12.2 Å². The fourth-order valence-corrected chi connectivity index (χ4v) is 3.01. The van der Waals surface area contributed by atoms with Gasteiger partial charge in [0.25, 0.3) is 5.56 Å². The van der Waals surface area contributed by atoms with Gasteiger partial charge in [-0.25, -0.2) is 14.3 Å². The summed E-state index contributed by atoms with van der Waals surface area (Å²) in [6.07, 6.45) is 7.40. The number of rotatable bonds is 6. The molecule has 3 rings (SSSR count). The third kappa shape index (κ3) is 6.01. The minimum absolute atomic E-state index is 0.0124. The largest absolute Gasteiger partial charge is 0.392 e. The monoisotopic (exact) mass is 436 g/mol. The van der Waals surface area contributed by atoms with E-state index in [2.05, 4.69) is 52.9 Å². The van der Waals surface area contributed by atoms with Gasteiger partial charge in [0.05, 0.1) is 13.2 Å². The molecule has 0 aliphatic heterocycles. The molecular weight excluding hydrogens is 404 g/mol. The number of benzene rings is 1. The molecule has 0 aliphatic carbocycles. The highest BCUT2D eigenvalue weighted by atomic mass is 16.3. The van der Waals surface area contributed by atoms with Gasteiger partial charge in [-0.05, 0) is 37.5 Å². The number of aliphatic hydroxyl groups excluding tert-OH is 1. The first kappa shape index (κ1) is 24.7. The third-order valence-electron chi connectivity index (χ3n) is 4.58. The van der Waals surface area contributed by atoms with Crippen molar-refractivity contribution in [1.29, 1.82) is 0 Å². The number of nitrogens with zero attached hydrogens (tertiary/aromatic N) is 5. The molecule has 8 nitrogen and oxygen atoms in total. The van der Waals surface area contributed by atoms with Gasteiger partial charge >= 0.3 is 0 Å². The highest BCUT2D eigenvalue weighted by Crippen LogP contribution is 2.16. The molecule has 32 heavy (non-hydrogen) atoms. The first-order valence-electron chi connectivity index (χ1n) is 10.5. The molecule has 2 aromatic heterocycles. The molecule has 0 saturated carbocycles. The van der Waals surface area contributed by atoms with Crippen LogP contribution in [0.1, 0.15) is 33.3 Å². The second-order valence-electron chi connectivity index (χ2n) is 7.44. The van der Waals surface area contributed by atoms with Gasteiger partial charge in [-0.3, -0.25) is 9.79 Å². The Morgan fingerprint density at radius 2 is 2.00 bits per heavy atom. The Labute approximate surface area is 188 Å². The Hall–Kier alpha value is -3.52. The smallest absolute Gasteiger partial charge is 0.278 e. The van der Waals surface area contributed by atoms with Crippen LogP contribution in [-0.4, -0.2) is 37.3 Å². The van der Waals surface area contributed by atoms with Crippen molar-refractivity contribution >= 4 is 28.5 Å².